The lowest BCUT2D eigenvalue weighted by molar-refractivity contribution is -0.223. The maximum atomic E-state index is 14.2. The first-order chi connectivity index (χ1) is 14.8. The highest BCUT2D eigenvalue weighted by atomic mass is 19.3. The number of allylic oxidation sites excluding steroid dienone is 1. The van der Waals surface area contributed by atoms with Crippen molar-refractivity contribution in [3.05, 3.63) is 36.4 Å². The number of halogens is 4. The summed E-state index contributed by atoms with van der Waals surface area (Å²) in [7, 11) is 0. The SMILES string of the molecule is C=CC1CCC(C2CCC(OCC(F)(F)Oc3ccc(OCC)c(F)c3F)CC2)CC1. The Morgan fingerprint density at radius 3 is 2.06 bits per heavy atom. The molecule has 7 heteroatoms. The van der Waals surface area contributed by atoms with Crippen molar-refractivity contribution in [3.63, 3.8) is 0 Å². The van der Waals surface area contributed by atoms with Crippen LogP contribution >= 0.6 is 0 Å². The summed E-state index contributed by atoms with van der Waals surface area (Å²) < 4.78 is 71.0. The van der Waals surface area contributed by atoms with Crippen LogP contribution in [0.25, 0.3) is 0 Å². The van der Waals surface area contributed by atoms with Gasteiger partial charge in [-0.3, -0.25) is 0 Å². The lowest BCUT2D eigenvalue weighted by Crippen LogP contribution is -2.35. The fourth-order valence-electron chi connectivity index (χ4n) is 4.84. The van der Waals surface area contributed by atoms with Crippen LogP contribution in [0, 0.1) is 29.4 Å². The third kappa shape index (κ3) is 6.37. The first kappa shape index (κ1) is 23.9. The van der Waals surface area contributed by atoms with Gasteiger partial charge in [0, 0.05) is 0 Å². The van der Waals surface area contributed by atoms with Gasteiger partial charge in [0.05, 0.1) is 12.7 Å². The molecule has 3 nitrogen and oxygen atoms in total. The molecule has 0 bridgehead atoms. The summed E-state index contributed by atoms with van der Waals surface area (Å²) >= 11 is 0. The normalized spacial score (nSPS) is 27.0. The number of alkyl halides is 2. The Labute approximate surface area is 181 Å². The molecule has 0 atom stereocenters. The van der Waals surface area contributed by atoms with Crippen LogP contribution < -0.4 is 9.47 Å². The molecular formula is C24H32F4O3. The average molecular weight is 445 g/mol. The van der Waals surface area contributed by atoms with Gasteiger partial charge in [-0.2, -0.15) is 17.6 Å². The summed E-state index contributed by atoms with van der Waals surface area (Å²) in [6.07, 6.45) is 6.23. The number of ether oxygens (including phenoxy) is 3. The van der Waals surface area contributed by atoms with Crippen LogP contribution in [0.5, 0.6) is 11.5 Å². The minimum Gasteiger partial charge on any atom is -0.491 e. The van der Waals surface area contributed by atoms with Gasteiger partial charge in [-0.25, -0.2) is 0 Å². The quantitative estimate of drug-likeness (QED) is 0.306. The number of hydrogen-bond acceptors (Lipinski definition) is 3. The third-order valence-electron chi connectivity index (χ3n) is 6.59. The summed E-state index contributed by atoms with van der Waals surface area (Å²) in [4.78, 5) is 0. The van der Waals surface area contributed by atoms with E-state index in [0.29, 0.717) is 17.8 Å². The molecule has 0 spiro atoms. The molecule has 0 saturated heterocycles. The van der Waals surface area contributed by atoms with E-state index in [9.17, 15) is 17.6 Å². The molecule has 0 heterocycles. The van der Waals surface area contributed by atoms with Crippen LogP contribution in [0.15, 0.2) is 24.8 Å². The fourth-order valence-corrected chi connectivity index (χ4v) is 4.84. The molecule has 2 fully saturated rings. The average Bonchev–Trinajstić information content (AvgIpc) is 2.78. The highest BCUT2D eigenvalue weighted by Gasteiger charge is 2.37. The van der Waals surface area contributed by atoms with Crippen LogP contribution in [0.1, 0.15) is 58.3 Å². The van der Waals surface area contributed by atoms with E-state index in [1.54, 1.807) is 6.92 Å². The summed E-state index contributed by atoms with van der Waals surface area (Å²) in [5, 5.41) is 0. The van der Waals surface area contributed by atoms with Gasteiger partial charge in [-0.05, 0) is 88.2 Å². The van der Waals surface area contributed by atoms with E-state index < -0.39 is 30.1 Å². The van der Waals surface area contributed by atoms with Crippen LogP contribution in [-0.2, 0) is 4.74 Å². The van der Waals surface area contributed by atoms with Crippen molar-refractivity contribution in [1.29, 1.82) is 0 Å². The zero-order valence-corrected chi connectivity index (χ0v) is 18.1. The minimum absolute atomic E-state index is 0.124. The van der Waals surface area contributed by atoms with Crippen molar-refractivity contribution < 1.29 is 31.8 Å². The van der Waals surface area contributed by atoms with Gasteiger partial charge in [0.15, 0.2) is 18.1 Å². The molecule has 0 unspecified atom stereocenters. The number of hydrogen-bond donors (Lipinski definition) is 0. The van der Waals surface area contributed by atoms with Crippen molar-refractivity contribution in [2.45, 2.75) is 70.5 Å². The Hall–Kier alpha value is -1.76. The standard InChI is InChI=1S/C24H32F4O3/c1-3-16-5-7-17(8-6-16)18-9-11-19(12-10-18)30-15-24(27,28)31-21-14-13-20(29-4-2)22(25)23(21)26/h3,13-14,16-19H,1,4-12,15H2,2H3. The maximum Gasteiger partial charge on any atom is 0.422 e. The summed E-state index contributed by atoms with van der Waals surface area (Å²) in [5.41, 5.74) is 0. The van der Waals surface area contributed by atoms with Gasteiger partial charge in [0.2, 0.25) is 11.6 Å². The predicted molar refractivity (Wildman–Crippen MR) is 110 cm³/mol. The molecule has 0 radical (unpaired) electrons. The first-order valence-electron chi connectivity index (χ1n) is 11.2. The monoisotopic (exact) mass is 444 g/mol. The second kappa shape index (κ2) is 10.7. The molecular weight excluding hydrogens is 412 g/mol. The van der Waals surface area contributed by atoms with E-state index in [2.05, 4.69) is 17.4 Å². The second-order valence-corrected chi connectivity index (χ2v) is 8.62. The van der Waals surface area contributed by atoms with Crippen molar-refractivity contribution in [2.24, 2.45) is 17.8 Å². The smallest absolute Gasteiger partial charge is 0.422 e. The maximum absolute atomic E-state index is 14.2. The third-order valence-corrected chi connectivity index (χ3v) is 6.59. The molecule has 174 valence electrons. The minimum atomic E-state index is -3.76. The van der Waals surface area contributed by atoms with Crippen LogP contribution in [0.2, 0.25) is 0 Å². The van der Waals surface area contributed by atoms with Gasteiger partial charge < -0.3 is 14.2 Å². The zero-order valence-electron chi connectivity index (χ0n) is 18.1. The second-order valence-electron chi connectivity index (χ2n) is 8.62. The first-order valence-corrected chi connectivity index (χ1v) is 11.2. The lowest BCUT2D eigenvalue weighted by Gasteiger charge is -2.37. The predicted octanol–water partition coefficient (Wildman–Crippen LogP) is 6.90. The molecule has 2 aliphatic rings. The van der Waals surface area contributed by atoms with Crippen LogP contribution in [0.3, 0.4) is 0 Å². The van der Waals surface area contributed by atoms with Crippen molar-refractivity contribution in [2.75, 3.05) is 13.2 Å². The number of rotatable bonds is 9. The Morgan fingerprint density at radius 1 is 0.935 bits per heavy atom. The van der Waals surface area contributed by atoms with E-state index >= 15 is 0 Å². The number of benzene rings is 1. The molecule has 2 aliphatic carbocycles. The van der Waals surface area contributed by atoms with E-state index in [0.717, 1.165) is 37.8 Å². The molecule has 2 saturated carbocycles. The summed E-state index contributed by atoms with van der Waals surface area (Å²) in [6.45, 7) is 4.62. The Balaban J connectivity index is 1.45. The highest BCUT2D eigenvalue weighted by Crippen LogP contribution is 2.41. The van der Waals surface area contributed by atoms with Crippen LogP contribution in [-0.4, -0.2) is 25.4 Å². The van der Waals surface area contributed by atoms with Crippen molar-refractivity contribution in [1.82, 2.24) is 0 Å². The molecule has 1 aromatic rings. The van der Waals surface area contributed by atoms with Gasteiger partial charge in [0.1, 0.15) is 0 Å². The Morgan fingerprint density at radius 2 is 1.48 bits per heavy atom. The largest absolute Gasteiger partial charge is 0.491 e. The molecule has 0 aromatic heterocycles. The molecule has 0 aliphatic heterocycles. The topological polar surface area (TPSA) is 27.7 Å². The molecule has 31 heavy (non-hydrogen) atoms. The van der Waals surface area contributed by atoms with E-state index in [-0.39, 0.29) is 18.5 Å². The van der Waals surface area contributed by atoms with Gasteiger partial charge in [-0.15, -0.1) is 6.58 Å². The van der Waals surface area contributed by atoms with Gasteiger partial charge >= 0.3 is 6.11 Å². The van der Waals surface area contributed by atoms with Crippen molar-refractivity contribution in [3.8, 4) is 11.5 Å². The van der Waals surface area contributed by atoms with Crippen LogP contribution in [0.4, 0.5) is 17.6 Å². The molecule has 0 amide bonds. The van der Waals surface area contributed by atoms with Crippen molar-refractivity contribution >= 4 is 0 Å². The Kier molecular flexibility index (Phi) is 8.25. The zero-order chi connectivity index (χ0) is 22.4. The van der Waals surface area contributed by atoms with Gasteiger partial charge in [0.25, 0.3) is 0 Å². The highest BCUT2D eigenvalue weighted by molar-refractivity contribution is 5.35. The molecule has 3 rings (SSSR count). The molecule has 1 aromatic carbocycles. The van der Waals surface area contributed by atoms with E-state index in [4.69, 9.17) is 9.47 Å². The molecule has 0 N–H and O–H groups in total. The van der Waals surface area contributed by atoms with Gasteiger partial charge in [-0.1, -0.05) is 6.08 Å². The summed E-state index contributed by atoms with van der Waals surface area (Å²) in [5.74, 6) is -2.10. The van der Waals surface area contributed by atoms with E-state index in [1.807, 2.05) is 0 Å². The lowest BCUT2D eigenvalue weighted by atomic mass is 9.70. The Bertz CT molecular complexity index is 724. The fraction of sp³-hybridized carbons (Fsp3) is 0.667. The van der Waals surface area contributed by atoms with E-state index in [1.165, 1.54) is 25.7 Å². The summed E-state index contributed by atoms with van der Waals surface area (Å²) in [6, 6.07) is 2.00.